The lowest BCUT2D eigenvalue weighted by molar-refractivity contribution is 0.0312. The van der Waals surface area contributed by atoms with E-state index < -0.39 is 5.97 Å². The first-order chi connectivity index (χ1) is 12.1. The van der Waals surface area contributed by atoms with Gasteiger partial charge in [-0.15, -0.1) is 11.3 Å². The molecule has 2 aromatic rings. The molecular formula is C19H23NO4S. The average Bonchev–Trinajstić information content (AvgIpc) is 3.23. The monoisotopic (exact) mass is 361 g/mol. The Balaban J connectivity index is 1.71. The topological polar surface area (TPSA) is 68.4 Å². The average molecular weight is 361 g/mol. The van der Waals surface area contributed by atoms with Crippen molar-refractivity contribution in [3.63, 3.8) is 0 Å². The van der Waals surface area contributed by atoms with Crippen molar-refractivity contribution in [1.29, 1.82) is 0 Å². The molecule has 0 aliphatic heterocycles. The fourth-order valence-corrected chi connectivity index (χ4v) is 4.10. The van der Waals surface area contributed by atoms with Crippen LogP contribution in [0.15, 0.2) is 17.5 Å². The zero-order chi connectivity index (χ0) is 17.8. The van der Waals surface area contributed by atoms with E-state index >= 15 is 0 Å². The summed E-state index contributed by atoms with van der Waals surface area (Å²) in [6, 6.07) is 4.07. The van der Waals surface area contributed by atoms with Gasteiger partial charge in [0, 0.05) is 35.1 Å². The molecule has 0 unspecified atom stereocenters. The molecule has 2 heterocycles. The van der Waals surface area contributed by atoms with Gasteiger partial charge in [0.2, 0.25) is 0 Å². The molecule has 0 amide bonds. The second kappa shape index (κ2) is 7.97. The highest BCUT2D eigenvalue weighted by molar-refractivity contribution is 7.10. The molecule has 1 aliphatic carbocycles. The van der Waals surface area contributed by atoms with Gasteiger partial charge in [-0.2, -0.15) is 0 Å². The number of carbonyl (C=O) groups excluding carboxylic acids is 2. The minimum atomic E-state index is -0.424. The van der Waals surface area contributed by atoms with Crippen LogP contribution in [0.5, 0.6) is 0 Å². The molecule has 0 bridgehead atoms. The predicted molar refractivity (Wildman–Crippen MR) is 96.6 cm³/mol. The van der Waals surface area contributed by atoms with Gasteiger partial charge in [0.25, 0.3) is 0 Å². The zero-order valence-electron chi connectivity index (χ0n) is 14.6. The van der Waals surface area contributed by atoms with Crippen molar-refractivity contribution in [1.82, 2.24) is 4.98 Å². The SMILES string of the molecule is CCCOCCOC(=O)c1[nH]c2c(c1C)C(=O)C[C@@H](c1cccs1)C2. The highest BCUT2D eigenvalue weighted by Gasteiger charge is 2.32. The van der Waals surface area contributed by atoms with Crippen LogP contribution >= 0.6 is 11.3 Å². The van der Waals surface area contributed by atoms with Crippen molar-refractivity contribution in [3.05, 3.63) is 44.9 Å². The number of aromatic nitrogens is 1. The number of ketones is 1. The Morgan fingerprint density at radius 2 is 2.16 bits per heavy atom. The van der Waals surface area contributed by atoms with E-state index in [-0.39, 0.29) is 18.3 Å². The Hall–Kier alpha value is -1.92. The fourth-order valence-electron chi connectivity index (χ4n) is 3.27. The third-order valence-electron chi connectivity index (χ3n) is 4.45. The number of ether oxygens (including phenoxy) is 2. The standard InChI is InChI=1S/C19H23NO4S/c1-3-6-23-7-8-24-19(22)18-12(2)17-14(20-18)10-13(11-15(17)21)16-5-4-9-25-16/h4-5,9,13,20H,3,6-8,10-11H2,1-2H3/t13-/m0/s1. The van der Waals surface area contributed by atoms with Gasteiger partial charge in [0.1, 0.15) is 12.3 Å². The van der Waals surface area contributed by atoms with Crippen molar-refractivity contribution in [2.24, 2.45) is 0 Å². The van der Waals surface area contributed by atoms with Crippen molar-refractivity contribution >= 4 is 23.1 Å². The van der Waals surface area contributed by atoms with Crippen LogP contribution in [0.1, 0.15) is 62.7 Å². The second-order valence-corrected chi connectivity index (χ2v) is 7.25. The molecule has 0 saturated heterocycles. The highest BCUT2D eigenvalue weighted by atomic mass is 32.1. The number of hydrogen-bond donors (Lipinski definition) is 1. The molecular weight excluding hydrogens is 338 g/mol. The molecule has 1 aliphatic rings. The predicted octanol–water partition coefficient (Wildman–Crippen LogP) is 3.88. The Bertz CT molecular complexity index is 748. The molecule has 25 heavy (non-hydrogen) atoms. The Kier molecular flexibility index (Phi) is 5.71. The summed E-state index contributed by atoms with van der Waals surface area (Å²) in [4.78, 5) is 29.3. The number of carbonyl (C=O) groups is 2. The van der Waals surface area contributed by atoms with E-state index in [2.05, 4.69) is 11.1 Å². The second-order valence-electron chi connectivity index (χ2n) is 6.27. The minimum Gasteiger partial charge on any atom is -0.459 e. The maximum atomic E-state index is 12.6. The van der Waals surface area contributed by atoms with Gasteiger partial charge < -0.3 is 14.5 Å². The normalized spacial score (nSPS) is 16.7. The van der Waals surface area contributed by atoms with Crippen LogP contribution in [0.3, 0.4) is 0 Å². The van der Waals surface area contributed by atoms with Gasteiger partial charge >= 0.3 is 5.97 Å². The van der Waals surface area contributed by atoms with Crippen LogP contribution in [0.4, 0.5) is 0 Å². The number of thiophene rings is 1. The number of esters is 1. The van der Waals surface area contributed by atoms with Crippen molar-refractivity contribution < 1.29 is 19.1 Å². The molecule has 6 heteroatoms. The summed E-state index contributed by atoms with van der Waals surface area (Å²) in [6.07, 6.45) is 2.17. The first-order valence-electron chi connectivity index (χ1n) is 8.64. The summed E-state index contributed by atoms with van der Waals surface area (Å²) in [7, 11) is 0. The Labute approximate surface area is 151 Å². The maximum Gasteiger partial charge on any atom is 0.355 e. The molecule has 1 N–H and O–H groups in total. The van der Waals surface area contributed by atoms with Crippen molar-refractivity contribution in [2.75, 3.05) is 19.8 Å². The van der Waals surface area contributed by atoms with Gasteiger partial charge in [-0.05, 0) is 36.8 Å². The lowest BCUT2D eigenvalue weighted by Crippen LogP contribution is -2.17. The van der Waals surface area contributed by atoms with E-state index in [1.54, 1.807) is 11.3 Å². The first-order valence-corrected chi connectivity index (χ1v) is 9.52. The van der Waals surface area contributed by atoms with E-state index in [0.717, 1.165) is 18.5 Å². The summed E-state index contributed by atoms with van der Waals surface area (Å²) in [5.41, 5.74) is 2.60. The van der Waals surface area contributed by atoms with Crippen LogP contribution in [-0.2, 0) is 15.9 Å². The summed E-state index contributed by atoms with van der Waals surface area (Å²) >= 11 is 1.67. The van der Waals surface area contributed by atoms with Crippen LogP contribution in [0.25, 0.3) is 0 Å². The van der Waals surface area contributed by atoms with Gasteiger partial charge in [0.15, 0.2) is 5.78 Å². The molecule has 3 rings (SSSR count). The number of nitrogens with one attached hydrogen (secondary N) is 1. The Morgan fingerprint density at radius 3 is 2.88 bits per heavy atom. The molecule has 0 fully saturated rings. The van der Waals surface area contributed by atoms with Gasteiger partial charge in [0.05, 0.1) is 6.61 Å². The lowest BCUT2D eigenvalue weighted by Gasteiger charge is -2.20. The maximum absolute atomic E-state index is 12.6. The fraction of sp³-hybridized carbons (Fsp3) is 0.474. The molecule has 2 aromatic heterocycles. The molecule has 0 spiro atoms. The van der Waals surface area contributed by atoms with Gasteiger partial charge in [-0.25, -0.2) is 4.79 Å². The lowest BCUT2D eigenvalue weighted by atomic mass is 9.84. The van der Waals surface area contributed by atoms with E-state index in [9.17, 15) is 9.59 Å². The van der Waals surface area contributed by atoms with Crippen molar-refractivity contribution in [2.45, 2.75) is 39.0 Å². The van der Waals surface area contributed by atoms with Crippen LogP contribution in [0, 0.1) is 6.92 Å². The summed E-state index contributed by atoms with van der Waals surface area (Å²) in [5.74, 6) is -0.143. The number of H-pyrrole nitrogens is 1. The number of rotatable bonds is 7. The van der Waals surface area contributed by atoms with Crippen LogP contribution in [0.2, 0.25) is 0 Å². The Morgan fingerprint density at radius 1 is 1.32 bits per heavy atom. The van der Waals surface area contributed by atoms with E-state index in [1.165, 1.54) is 4.88 Å². The quantitative estimate of drug-likeness (QED) is 0.600. The molecule has 0 aromatic carbocycles. The number of aromatic amines is 1. The van der Waals surface area contributed by atoms with E-state index in [0.29, 0.717) is 36.5 Å². The summed E-state index contributed by atoms with van der Waals surface area (Å²) in [5, 5.41) is 2.03. The molecule has 0 radical (unpaired) electrons. The van der Waals surface area contributed by atoms with E-state index in [4.69, 9.17) is 9.47 Å². The molecule has 134 valence electrons. The highest BCUT2D eigenvalue weighted by Crippen LogP contribution is 2.36. The van der Waals surface area contributed by atoms with Crippen LogP contribution in [-0.4, -0.2) is 36.6 Å². The molecule has 5 nitrogen and oxygen atoms in total. The molecule has 0 saturated carbocycles. The smallest absolute Gasteiger partial charge is 0.355 e. The number of hydrogen-bond acceptors (Lipinski definition) is 5. The van der Waals surface area contributed by atoms with Crippen LogP contribution < -0.4 is 0 Å². The summed E-state index contributed by atoms with van der Waals surface area (Å²) < 4.78 is 10.6. The summed E-state index contributed by atoms with van der Waals surface area (Å²) in [6.45, 7) is 5.10. The van der Waals surface area contributed by atoms with Gasteiger partial charge in [-0.1, -0.05) is 13.0 Å². The number of Topliss-reactive ketones (excluding diaryl/α,β-unsaturated/α-hetero) is 1. The third-order valence-corrected chi connectivity index (χ3v) is 5.48. The third kappa shape index (κ3) is 3.85. The van der Waals surface area contributed by atoms with Gasteiger partial charge in [-0.3, -0.25) is 4.79 Å². The van der Waals surface area contributed by atoms with E-state index in [1.807, 2.05) is 25.3 Å². The van der Waals surface area contributed by atoms with Crippen molar-refractivity contribution in [3.8, 4) is 0 Å². The number of fused-ring (bicyclic) bond motifs is 1. The minimum absolute atomic E-state index is 0.0960. The first kappa shape index (κ1) is 17.9. The molecule has 1 atom stereocenters. The largest absolute Gasteiger partial charge is 0.459 e. The zero-order valence-corrected chi connectivity index (χ0v) is 15.4.